The highest BCUT2D eigenvalue weighted by Crippen LogP contribution is 2.22. The molecule has 0 atom stereocenters. The van der Waals surface area contributed by atoms with Gasteiger partial charge in [0, 0.05) is 32.6 Å². The van der Waals surface area contributed by atoms with Gasteiger partial charge in [0.05, 0.1) is 11.4 Å². The standard InChI is InChI=1S/C16H26N4O3/c1-17-13-9-8-12(11-14(13)18-2)16(22)19-10-6-4-3-5-7-15(21)20-23/h8-9,11,17-18,23H,3-7,10H2,1-2H3,(H,19,22)(H,20,21). The van der Waals surface area contributed by atoms with Gasteiger partial charge < -0.3 is 16.0 Å². The van der Waals surface area contributed by atoms with Gasteiger partial charge in [-0.15, -0.1) is 0 Å². The molecule has 0 aliphatic rings. The van der Waals surface area contributed by atoms with E-state index in [9.17, 15) is 9.59 Å². The van der Waals surface area contributed by atoms with Crippen LogP contribution in [-0.4, -0.2) is 37.7 Å². The molecular formula is C16H26N4O3. The fourth-order valence-corrected chi connectivity index (χ4v) is 2.23. The Morgan fingerprint density at radius 2 is 1.70 bits per heavy atom. The zero-order valence-corrected chi connectivity index (χ0v) is 13.7. The molecule has 0 aromatic heterocycles. The van der Waals surface area contributed by atoms with Gasteiger partial charge in [0.2, 0.25) is 5.91 Å². The Kier molecular flexibility index (Phi) is 8.52. The van der Waals surface area contributed by atoms with E-state index < -0.39 is 0 Å². The molecule has 0 heterocycles. The van der Waals surface area contributed by atoms with Crippen molar-refractivity contribution in [1.29, 1.82) is 0 Å². The summed E-state index contributed by atoms with van der Waals surface area (Å²) in [7, 11) is 3.65. The minimum atomic E-state index is -0.358. The highest BCUT2D eigenvalue weighted by atomic mass is 16.5. The summed E-state index contributed by atoms with van der Waals surface area (Å²) < 4.78 is 0. The summed E-state index contributed by atoms with van der Waals surface area (Å²) in [4.78, 5) is 22.9. The van der Waals surface area contributed by atoms with Crippen LogP contribution in [-0.2, 0) is 4.79 Å². The smallest absolute Gasteiger partial charge is 0.251 e. The number of unbranched alkanes of at least 4 members (excludes halogenated alkanes) is 3. The van der Waals surface area contributed by atoms with E-state index in [0.717, 1.165) is 37.1 Å². The highest BCUT2D eigenvalue weighted by Gasteiger charge is 2.08. The number of carbonyl (C=O) groups is 2. The molecule has 0 radical (unpaired) electrons. The van der Waals surface area contributed by atoms with Crippen LogP contribution in [0.3, 0.4) is 0 Å². The zero-order valence-electron chi connectivity index (χ0n) is 13.7. The fourth-order valence-electron chi connectivity index (χ4n) is 2.23. The predicted molar refractivity (Wildman–Crippen MR) is 90.9 cm³/mol. The molecule has 1 aromatic carbocycles. The summed E-state index contributed by atoms with van der Waals surface area (Å²) in [5.41, 5.74) is 4.05. The minimum Gasteiger partial charge on any atom is -0.386 e. The van der Waals surface area contributed by atoms with E-state index >= 15 is 0 Å². The van der Waals surface area contributed by atoms with Crippen molar-refractivity contribution < 1.29 is 14.8 Å². The number of benzene rings is 1. The summed E-state index contributed by atoms with van der Waals surface area (Å²) in [6.45, 7) is 0.605. The number of hydroxylamine groups is 1. The van der Waals surface area contributed by atoms with Gasteiger partial charge in [-0.25, -0.2) is 5.48 Å². The minimum absolute atomic E-state index is 0.0937. The normalized spacial score (nSPS) is 10.0. The lowest BCUT2D eigenvalue weighted by Crippen LogP contribution is -2.24. The Hall–Kier alpha value is -2.28. The number of nitrogens with one attached hydrogen (secondary N) is 4. The molecule has 0 unspecified atom stereocenters. The molecule has 23 heavy (non-hydrogen) atoms. The molecule has 0 fully saturated rings. The summed E-state index contributed by atoms with van der Waals surface area (Å²) >= 11 is 0. The van der Waals surface area contributed by atoms with Crippen molar-refractivity contribution in [3.05, 3.63) is 23.8 Å². The van der Waals surface area contributed by atoms with Gasteiger partial charge in [0.25, 0.3) is 5.91 Å². The molecule has 128 valence electrons. The van der Waals surface area contributed by atoms with Gasteiger partial charge in [-0.2, -0.15) is 0 Å². The Morgan fingerprint density at radius 3 is 2.35 bits per heavy atom. The maximum Gasteiger partial charge on any atom is 0.251 e. The highest BCUT2D eigenvalue weighted by molar-refractivity contribution is 5.96. The van der Waals surface area contributed by atoms with Gasteiger partial charge in [0.15, 0.2) is 0 Å². The van der Waals surface area contributed by atoms with Gasteiger partial charge in [-0.1, -0.05) is 12.8 Å². The quantitative estimate of drug-likeness (QED) is 0.257. The molecule has 0 bridgehead atoms. The number of rotatable bonds is 10. The number of hydrogen-bond acceptors (Lipinski definition) is 5. The van der Waals surface area contributed by atoms with Crippen molar-refractivity contribution in [3.8, 4) is 0 Å². The summed E-state index contributed by atoms with van der Waals surface area (Å²) in [5.74, 6) is -0.451. The van der Waals surface area contributed by atoms with E-state index in [1.54, 1.807) is 11.5 Å². The summed E-state index contributed by atoms with van der Waals surface area (Å²) in [6.07, 6.45) is 3.74. The molecule has 2 amide bonds. The number of carbonyl (C=O) groups excluding carboxylic acids is 2. The maximum atomic E-state index is 12.1. The largest absolute Gasteiger partial charge is 0.386 e. The van der Waals surface area contributed by atoms with Crippen molar-refractivity contribution in [2.24, 2.45) is 0 Å². The van der Waals surface area contributed by atoms with Crippen LogP contribution in [0.15, 0.2) is 18.2 Å². The van der Waals surface area contributed by atoms with E-state index in [1.165, 1.54) is 0 Å². The number of hydrogen-bond donors (Lipinski definition) is 5. The molecule has 0 saturated carbocycles. The first-order valence-corrected chi connectivity index (χ1v) is 7.83. The second kappa shape index (κ2) is 10.4. The van der Waals surface area contributed by atoms with Crippen LogP contribution in [0.1, 0.15) is 42.5 Å². The fraction of sp³-hybridized carbons (Fsp3) is 0.500. The molecule has 0 spiro atoms. The summed E-state index contributed by atoms with van der Waals surface area (Å²) in [5, 5.41) is 17.4. The molecule has 7 nitrogen and oxygen atoms in total. The Labute approximate surface area is 136 Å². The molecule has 0 aliphatic heterocycles. The third-order valence-electron chi connectivity index (χ3n) is 3.56. The topological polar surface area (TPSA) is 102 Å². The lowest BCUT2D eigenvalue weighted by molar-refractivity contribution is -0.129. The molecular weight excluding hydrogens is 296 g/mol. The van der Waals surface area contributed by atoms with Crippen LogP contribution in [0.25, 0.3) is 0 Å². The Morgan fingerprint density at radius 1 is 1.00 bits per heavy atom. The van der Waals surface area contributed by atoms with E-state index in [2.05, 4.69) is 16.0 Å². The van der Waals surface area contributed by atoms with Gasteiger partial charge in [-0.3, -0.25) is 14.8 Å². The van der Waals surface area contributed by atoms with Crippen molar-refractivity contribution >= 4 is 23.2 Å². The number of anilines is 2. The first-order chi connectivity index (χ1) is 11.1. The van der Waals surface area contributed by atoms with Crippen LogP contribution in [0.2, 0.25) is 0 Å². The van der Waals surface area contributed by atoms with Crippen molar-refractivity contribution in [3.63, 3.8) is 0 Å². The Bertz CT molecular complexity index is 520. The average molecular weight is 322 g/mol. The SMILES string of the molecule is CNc1ccc(C(=O)NCCCCCCC(=O)NO)cc1NC. The average Bonchev–Trinajstić information content (AvgIpc) is 2.59. The first kappa shape index (κ1) is 18.8. The van der Waals surface area contributed by atoms with E-state index in [-0.39, 0.29) is 11.8 Å². The monoisotopic (exact) mass is 322 g/mol. The first-order valence-electron chi connectivity index (χ1n) is 7.83. The zero-order chi connectivity index (χ0) is 17.1. The van der Waals surface area contributed by atoms with Crippen LogP contribution in [0.4, 0.5) is 11.4 Å². The molecule has 0 aliphatic carbocycles. The van der Waals surface area contributed by atoms with Crippen LogP contribution >= 0.6 is 0 Å². The number of amides is 2. The third kappa shape index (κ3) is 6.56. The second-order valence-corrected chi connectivity index (χ2v) is 5.22. The van der Waals surface area contributed by atoms with Gasteiger partial charge in [-0.05, 0) is 31.0 Å². The molecule has 1 aromatic rings. The lowest BCUT2D eigenvalue weighted by atomic mass is 10.1. The third-order valence-corrected chi connectivity index (χ3v) is 3.56. The van der Waals surface area contributed by atoms with E-state index in [0.29, 0.717) is 18.5 Å². The van der Waals surface area contributed by atoms with E-state index in [1.807, 2.05) is 26.2 Å². The van der Waals surface area contributed by atoms with Crippen molar-refractivity contribution in [2.45, 2.75) is 32.1 Å². The summed E-state index contributed by atoms with van der Waals surface area (Å²) in [6, 6.07) is 5.47. The van der Waals surface area contributed by atoms with Gasteiger partial charge in [0.1, 0.15) is 0 Å². The molecule has 5 N–H and O–H groups in total. The molecule has 1 rings (SSSR count). The van der Waals surface area contributed by atoms with Crippen LogP contribution in [0, 0.1) is 0 Å². The van der Waals surface area contributed by atoms with Crippen LogP contribution in [0.5, 0.6) is 0 Å². The van der Waals surface area contributed by atoms with Crippen molar-refractivity contribution in [1.82, 2.24) is 10.8 Å². The lowest BCUT2D eigenvalue weighted by Gasteiger charge is -2.11. The predicted octanol–water partition coefficient (Wildman–Crippen LogP) is 1.96. The second-order valence-electron chi connectivity index (χ2n) is 5.22. The molecule has 7 heteroatoms. The molecule has 0 saturated heterocycles. The maximum absolute atomic E-state index is 12.1. The Balaban J connectivity index is 2.28. The van der Waals surface area contributed by atoms with Crippen molar-refractivity contribution in [2.75, 3.05) is 31.3 Å². The van der Waals surface area contributed by atoms with Crippen LogP contribution < -0.4 is 21.4 Å². The van der Waals surface area contributed by atoms with Gasteiger partial charge >= 0.3 is 0 Å². The van der Waals surface area contributed by atoms with E-state index in [4.69, 9.17) is 5.21 Å².